The molecule has 0 saturated carbocycles. The van der Waals surface area contributed by atoms with E-state index in [9.17, 15) is 28.8 Å². The van der Waals surface area contributed by atoms with Crippen molar-refractivity contribution < 1.29 is 52.2 Å². The Bertz CT molecular complexity index is 1270. The first-order valence-electron chi connectivity index (χ1n) is 28.8. The third-order valence-electron chi connectivity index (χ3n) is 12.4. The molecule has 0 amide bonds. The third kappa shape index (κ3) is 47.6. The summed E-state index contributed by atoms with van der Waals surface area (Å²) in [5, 5.41) is 0. The van der Waals surface area contributed by atoms with Crippen molar-refractivity contribution in [3.05, 3.63) is 36.5 Å². The zero-order valence-corrected chi connectivity index (χ0v) is 48.4. The van der Waals surface area contributed by atoms with Crippen molar-refractivity contribution in [2.24, 2.45) is 0 Å². The van der Waals surface area contributed by atoms with Crippen LogP contribution in [0.1, 0.15) is 272 Å². The third-order valence-corrected chi connectivity index (χ3v) is 19.5. The molecule has 13 heteroatoms. The predicted molar refractivity (Wildman–Crippen MR) is 287 cm³/mol. The first-order chi connectivity index (χ1) is 34.6. The molecule has 410 valence electrons. The van der Waals surface area contributed by atoms with Gasteiger partial charge in [-0.1, -0.05) is 156 Å². The van der Waals surface area contributed by atoms with Gasteiger partial charge < -0.3 is 0 Å². The minimum atomic E-state index is -5.56. The Hall–Kier alpha value is -3.16. The molecule has 0 rings (SSSR count). The van der Waals surface area contributed by atoms with Crippen molar-refractivity contribution in [1.29, 1.82) is 0 Å². The number of carbonyl (C=O) groups is 6. The van der Waals surface area contributed by atoms with E-state index in [0.717, 1.165) is 94.2 Å². The molecule has 0 fully saturated rings. The summed E-state index contributed by atoms with van der Waals surface area (Å²) in [7, 11) is 0. The summed E-state index contributed by atoms with van der Waals surface area (Å²) >= 11 is -5.56. The Morgan fingerprint density at radius 2 is 0.437 bits per heavy atom. The van der Waals surface area contributed by atoms with Crippen LogP contribution in [0.2, 0.25) is 4.44 Å². The SMILES string of the molecule is CCCCCCCCCCCCCCOC(=O)C=CC(=O)[O][Sn]([CH2]CCC)([O]C(=O)/C=C\C(=O)OCCCCCCCCCCCCCC)[O]C(=O)/C=C\C(=O)OCCCCCCCCCCCCCC. The molecule has 0 aliphatic rings. The van der Waals surface area contributed by atoms with E-state index in [0.29, 0.717) is 32.1 Å². The Morgan fingerprint density at radius 3 is 0.648 bits per heavy atom. The maximum atomic E-state index is 13.2. The Morgan fingerprint density at radius 1 is 0.254 bits per heavy atom. The van der Waals surface area contributed by atoms with Gasteiger partial charge in [-0.3, -0.25) is 0 Å². The van der Waals surface area contributed by atoms with Crippen molar-refractivity contribution in [3.63, 3.8) is 0 Å². The van der Waals surface area contributed by atoms with Gasteiger partial charge in [0.15, 0.2) is 0 Å². The second kappa shape index (κ2) is 51.7. The van der Waals surface area contributed by atoms with E-state index < -0.39 is 55.4 Å². The molecule has 0 atom stereocenters. The van der Waals surface area contributed by atoms with Gasteiger partial charge in [0.2, 0.25) is 0 Å². The van der Waals surface area contributed by atoms with E-state index in [2.05, 4.69) is 20.8 Å². The quantitative estimate of drug-likeness (QED) is 0.0187. The molecule has 0 aromatic carbocycles. The van der Waals surface area contributed by atoms with Crippen LogP contribution in [0, 0.1) is 0 Å². The van der Waals surface area contributed by atoms with Gasteiger partial charge in [-0.05, 0) is 0 Å². The molecule has 0 spiro atoms. The van der Waals surface area contributed by atoms with E-state index in [1.54, 1.807) is 0 Å². The molecule has 0 aromatic rings. The Balaban J connectivity index is 5.27. The minimum absolute atomic E-state index is 0.0832. The van der Waals surface area contributed by atoms with Crippen LogP contribution in [-0.2, 0) is 52.2 Å². The van der Waals surface area contributed by atoms with Gasteiger partial charge in [-0.25, -0.2) is 0 Å². The Labute approximate surface area is 437 Å². The van der Waals surface area contributed by atoms with Crippen molar-refractivity contribution in [3.8, 4) is 0 Å². The number of unbranched alkanes of at least 4 members (excludes halogenated alkanes) is 34. The summed E-state index contributed by atoms with van der Waals surface area (Å²) in [5.74, 6) is -5.46. The first-order valence-corrected chi connectivity index (χ1v) is 34.4. The number of carbonyl (C=O) groups excluding carboxylic acids is 6. The smallest absolute Gasteiger partial charge is 0.0654 e. The Kier molecular flexibility index (Phi) is 49.4. The summed E-state index contributed by atoms with van der Waals surface area (Å²) in [4.78, 5) is 77.0. The second-order valence-electron chi connectivity index (χ2n) is 19.2. The normalized spacial score (nSPS) is 11.7. The molecule has 0 aliphatic carbocycles. The zero-order valence-electron chi connectivity index (χ0n) is 45.6. The monoisotopic (exact) mass is 1110 g/mol. The minimum Gasteiger partial charge on any atom is -0.0654 e. The topological polar surface area (TPSA) is 158 Å². The molecule has 0 heterocycles. The standard InChI is InChI=1S/3C18H32O4.C4H9.Sn/c3*1-2-3-4-5-6-7-8-9-10-11-12-13-16-22-18(21)15-14-17(19)20;1-3-4-2;/h3*14-15H,2-13,16H2,1H3,(H,19,20);1,3-4H2,2H3;/q;;;;+3/p-3/b2*15-14-;;;. The van der Waals surface area contributed by atoms with Crippen molar-refractivity contribution >= 4 is 55.4 Å². The van der Waals surface area contributed by atoms with Crippen molar-refractivity contribution in [2.45, 2.75) is 276 Å². The zero-order chi connectivity index (χ0) is 52.1. The number of ether oxygens (including phenoxy) is 3. The molecule has 12 nitrogen and oxygen atoms in total. The molecule has 0 unspecified atom stereocenters. The fraction of sp³-hybridized carbons (Fsp3) is 0.793. The molecule has 0 saturated heterocycles. The summed E-state index contributed by atoms with van der Waals surface area (Å²) in [6, 6.07) is 0. The van der Waals surface area contributed by atoms with Gasteiger partial charge >= 0.3 is 284 Å². The van der Waals surface area contributed by atoms with Gasteiger partial charge in [0, 0.05) is 0 Å². The van der Waals surface area contributed by atoms with Crippen LogP contribution in [0.25, 0.3) is 0 Å². The van der Waals surface area contributed by atoms with Crippen LogP contribution in [0.15, 0.2) is 36.5 Å². The van der Waals surface area contributed by atoms with E-state index in [1.165, 1.54) is 154 Å². The van der Waals surface area contributed by atoms with Gasteiger partial charge in [-0.15, -0.1) is 0 Å². The van der Waals surface area contributed by atoms with Crippen LogP contribution in [-0.4, -0.2) is 75.3 Å². The molecule has 0 radical (unpaired) electrons. The summed E-state index contributed by atoms with van der Waals surface area (Å²) in [6.45, 7) is 9.14. The van der Waals surface area contributed by atoms with Crippen LogP contribution in [0.3, 0.4) is 0 Å². The van der Waals surface area contributed by atoms with Gasteiger partial charge in [-0.2, -0.15) is 0 Å². The summed E-state index contributed by atoms with van der Waals surface area (Å²) in [5.41, 5.74) is 0. The molecule has 71 heavy (non-hydrogen) atoms. The van der Waals surface area contributed by atoms with Crippen LogP contribution in [0.4, 0.5) is 0 Å². The number of esters is 3. The van der Waals surface area contributed by atoms with Crippen LogP contribution >= 0.6 is 0 Å². The second-order valence-corrected chi connectivity index (χ2v) is 26.3. The van der Waals surface area contributed by atoms with Crippen LogP contribution < -0.4 is 0 Å². The number of hydrogen-bond acceptors (Lipinski definition) is 12. The van der Waals surface area contributed by atoms with E-state index >= 15 is 0 Å². The van der Waals surface area contributed by atoms with Gasteiger partial charge in [0.05, 0.1) is 0 Å². The average Bonchev–Trinajstić information content (AvgIpc) is 3.35. The maximum absolute atomic E-state index is 13.2. The predicted octanol–water partition coefficient (Wildman–Crippen LogP) is 15.8. The van der Waals surface area contributed by atoms with E-state index in [4.69, 9.17) is 23.4 Å². The van der Waals surface area contributed by atoms with Crippen molar-refractivity contribution in [1.82, 2.24) is 0 Å². The van der Waals surface area contributed by atoms with Crippen LogP contribution in [0.5, 0.6) is 0 Å². The molecule has 0 aromatic heterocycles. The average molecular weight is 1110 g/mol. The molecular formula is C58H102O12Sn. The summed E-state index contributed by atoms with van der Waals surface area (Å²) < 4.78 is 32.7. The van der Waals surface area contributed by atoms with E-state index in [-0.39, 0.29) is 24.3 Å². The van der Waals surface area contributed by atoms with E-state index in [1.807, 2.05) is 6.92 Å². The number of rotatable bonds is 51. The fourth-order valence-electron chi connectivity index (χ4n) is 8.07. The molecule has 0 aliphatic heterocycles. The molecular weight excluding hydrogens is 1010 g/mol. The van der Waals surface area contributed by atoms with Gasteiger partial charge in [0.25, 0.3) is 0 Å². The molecule has 0 N–H and O–H groups in total. The van der Waals surface area contributed by atoms with Crippen molar-refractivity contribution in [2.75, 3.05) is 19.8 Å². The van der Waals surface area contributed by atoms with Gasteiger partial charge in [0.1, 0.15) is 0 Å². The number of hydrogen-bond donors (Lipinski definition) is 0. The molecule has 0 bridgehead atoms. The summed E-state index contributed by atoms with van der Waals surface area (Å²) in [6.07, 6.45) is 48.5. The fourth-order valence-corrected chi connectivity index (χ4v) is 14.8. The first kappa shape index (κ1) is 67.8.